The van der Waals surface area contributed by atoms with Crippen LogP contribution in [0.1, 0.15) is 12.5 Å². The first kappa shape index (κ1) is 20.0. The Balaban J connectivity index is 1.51. The Hall–Kier alpha value is -3.97. The number of hydrogen-bond acceptors (Lipinski definition) is 5. The normalized spacial score (nSPS) is 12.0. The number of hydrazone groups is 1. The van der Waals surface area contributed by atoms with Crippen molar-refractivity contribution in [3.8, 4) is 0 Å². The van der Waals surface area contributed by atoms with Gasteiger partial charge in [0.2, 0.25) is 0 Å². The number of carbonyl (C=O) groups excluding carboxylic acids is 1. The average molecular weight is 443 g/mol. The minimum Gasteiger partial charge on any atom is -0.399 e. The van der Waals surface area contributed by atoms with Gasteiger partial charge >= 0.3 is 0 Å². The maximum atomic E-state index is 12.8. The fourth-order valence-electron chi connectivity index (χ4n) is 3.68. The maximum absolute atomic E-state index is 12.8. The Kier molecular flexibility index (Phi) is 4.95. The van der Waals surface area contributed by atoms with E-state index in [1.165, 1.54) is 0 Å². The predicted molar refractivity (Wildman–Crippen MR) is 129 cm³/mol. The number of amides is 1. The molecule has 2 aromatic heterocycles. The van der Waals surface area contributed by atoms with Crippen LogP contribution in [-0.2, 0) is 11.3 Å². The summed E-state index contributed by atoms with van der Waals surface area (Å²) in [5, 5.41) is 5.76. The number of anilines is 1. The zero-order valence-electron chi connectivity index (χ0n) is 17.2. The third-order valence-electron chi connectivity index (χ3n) is 5.29. The molecule has 5 rings (SSSR count). The van der Waals surface area contributed by atoms with Gasteiger partial charge in [-0.25, -0.2) is 15.4 Å². The molecule has 3 aromatic carbocycles. The zero-order valence-corrected chi connectivity index (χ0v) is 18.0. The van der Waals surface area contributed by atoms with Gasteiger partial charge in [-0.1, -0.05) is 41.9 Å². The Morgan fingerprint density at radius 1 is 1.06 bits per heavy atom. The van der Waals surface area contributed by atoms with Crippen molar-refractivity contribution in [3.05, 3.63) is 77.3 Å². The summed E-state index contributed by atoms with van der Waals surface area (Å²) >= 11 is 6.13. The van der Waals surface area contributed by atoms with Crippen LogP contribution in [0, 0.1) is 0 Å². The van der Waals surface area contributed by atoms with Crippen LogP contribution in [-0.4, -0.2) is 26.2 Å². The Morgan fingerprint density at radius 3 is 2.66 bits per heavy atom. The minimum atomic E-state index is -0.263. The Morgan fingerprint density at radius 2 is 1.84 bits per heavy atom. The van der Waals surface area contributed by atoms with E-state index >= 15 is 0 Å². The molecule has 158 valence electrons. The second-order valence-electron chi connectivity index (χ2n) is 7.49. The van der Waals surface area contributed by atoms with Gasteiger partial charge in [-0.2, -0.15) is 5.10 Å². The first-order chi connectivity index (χ1) is 15.5. The molecule has 2 heterocycles. The third kappa shape index (κ3) is 3.63. The number of fused-ring (bicyclic) bond motifs is 4. The number of nitrogens with one attached hydrogen (secondary N) is 1. The predicted octanol–water partition coefficient (Wildman–Crippen LogP) is 4.51. The van der Waals surface area contributed by atoms with E-state index in [1.807, 2.05) is 54.0 Å². The van der Waals surface area contributed by atoms with Crippen LogP contribution in [0.3, 0.4) is 0 Å². The van der Waals surface area contributed by atoms with Gasteiger partial charge < -0.3 is 10.3 Å². The molecule has 0 saturated heterocycles. The highest BCUT2D eigenvalue weighted by molar-refractivity contribution is 6.31. The first-order valence-corrected chi connectivity index (χ1v) is 10.4. The molecule has 0 radical (unpaired) electrons. The molecule has 5 aromatic rings. The molecular weight excluding hydrogens is 424 g/mol. The number of halogens is 1. The lowest BCUT2D eigenvalue weighted by molar-refractivity contribution is -0.121. The van der Waals surface area contributed by atoms with Crippen LogP contribution in [0.4, 0.5) is 5.69 Å². The van der Waals surface area contributed by atoms with Gasteiger partial charge in [-0.05, 0) is 48.9 Å². The van der Waals surface area contributed by atoms with Crippen molar-refractivity contribution in [1.29, 1.82) is 0 Å². The molecule has 0 aliphatic heterocycles. The molecule has 0 fully saturated rings. The highest BCUT2D eigenvalue weighted by atomic mass is 35.5. The second kappa shape index (κ2) is 7.94. The fraction of sp³-hybridized carbons (Fsp3) is 0.0833. The number of para-hydroxylation sites is 1. The number of benzene rings is 3. The molecule has 8 heteroatoms. The molecule has 0 atom stereocenters. The van der Waals surface area contributed by atoms with Crippen LogP contribution >= 0.6 is 11.6 Å². The second-order valence-corrected chi connectivity index (χ2v) is 7.92. The summed E-state index contributed by atoms with van der Waals surface area (Å²) in [5.74, 6) is -0.263. The Bertz CT molecular complexity index is 1520. The van der Waals surface area contributed by atoms with Crippen molar-refractivity contribution in [3.63, 3.8) is 0 Å². The van der Waals surface area contributed by atoms with Crippen LogP contribution < -0.4 is 11.2 Å². The lowest BCUT2D eigenvalue weighted by Crippen LogP contribution is -2.24. The van der Waals surface area contributed by atoms with Gasteiger partial charge in [0.05, 0.1) is 22.3 Å². The van der Waals surface area contributed by atoms with Gasteiger partial charge in [0, 0.05) is 16.1 Å². The molecular formula is C24H19ClN6O. The zero-order chi connectivity index (χ0) is 22.2. The van der Waals surface area contributed by atoms with Crippen LogP contribution in [0.25, 0.3) is 33.1 Å². The van der Waals surface area contributed by atoms with Crippen molar-refractivity contribution in [1.82, 2.24) is 20.0 Å². The van der Waals surface area contributed by atoms with Gasteiger partial charge in [-0.3, -0.25) is 4.79 Å². The lowest BCUT2D eigenvalue weighted by Gasteiger charge is -2.07. The molecule has 0 spiro atoms. The molecule has 0 aliphatic rings. The highest BCUT2D eigenvalue weighted by Crippen LogP contribution is 2.28. The lowest BCUT2D eigenvalue weighted by atomic mass is 10.1. The Labute approximate surface area is 188 Å². The van der Waals surface area contributed by atoms with E-state index in [9.17, 15) is 4.79 Å². The summed E-state index contributed by atoms with van der Waals surface area (Å²) in [6.45, 7) is 1.88. The van der Waals surface area contributed by atoms with Crippen LogP contribution in [0.15, 0.2) is 71.8 Å². The summed E-state index contributed by atoms with van der Waals surface area (Å²) < 4.78 is 1.86. The van der Waals surface area contributed by atoms with E-state index < -0.39 is 0 Å². The van der Waals surface area contributed by atoms with Gasteiger partial charge in [-0.15, -0.1) is 0 Å². The largest absolute Gasteiger partial charge is 0.399 e. The molecule has 0 bridgehead atoms. The topological polar surface area (TPSA) is 98.2 Å². The van der Waals surface area contributed by atoms with E-state index in [-0.39, 0.29) is 12.5 Å². The fourth-order valence-corrected chi connectivity index (χ4v) is 3.85. The summed E-state index contributed by atoms with van der Waals surface area (Å²) in [5.41, 5.74) is 14.3. The smallest absolute Gasteiger partial charge is 0.260 e. The molecule has 32 heavy (non-hydrogen) atoms. The number of hydrogen-bond donors (Lipinski definition) is 2. The van der Waals surface area contributed by atoms with E-state index in [1.54, 1.807) is 24.3 Å². The van der Waals surface area contributed by atoms with Crippen LogP contribution in [0.5, 0.6) is 0 Å². The summed E-state index contributed by atoms with van der Waals surface area (Å²) in [7, 11) is 0. The maximum Gasteiger partial charge on any atom is 0.260 e. The molecule has 0 aliphatic carbocycles. The summed E-state index contributed by atoms with van der Waals surface area (Å²) in [6.07, 6.45) is 0. The summed E-state index contributed by atoms with van der Waals surface area (Å²) in [4.78, 5) is 22.3. The van der Waals surface area contributed by atoms with Crippen molar-refractivity contribution in [2.45, 2.75) is 13.5 Å². The molecule has 7 nitrogen and oxygen atoms in total. The van der Waals surface area contributed by atoms with E-state index in [2.05, 4.69) is 10.5 Å². The van der Waals surface area contributed by atoms with Gasteiger partial charge in [0.25, 0.3) is 5.91 Å². The molecule has 0 saturated carbocycles. The van der Waals surface area contributed by atoms with Crippen molar-refractivity contribution in [2.24, 2.45) is 5.10 Å². The number of aromatic nitrogens is 3. The average Bonchev–Trinajstić information content (AvgIpc) is 3.09. The van der Waals surface area contributed by atoms with E-state index in [0.717, 1.165) is 22.0 Å². The monoisotopic (exact) mass is 442 g/mol. The standard InChI is InChI=1S/C24H19ClN6O/c1-14(15-6-9-17(26)10-7-15)29-30-22(32)13-31-21-5-3-2-4-18(21)23-24(31)28-19-11-8-16(25)12-20(19)27-23/h2-12H,13,26H2,1H3,(H,30,32)/b29-14+. The van der Waals surface area contributed by atoms with Gasteiger partial charge in [0.1, 0.15) is 12.1 Å². The number of nitrogens with zero attached hydrogens (tertiary/aromatic N) is 4. The number of nitrogens with two attached hydrogens (primary N) is 1. The number of carbonyl (C=O) groups is 1. The molecule has 3 N–H and O–H groups in total. The van der Waals surface area contributed by atoms with E-state index in [4.69, 9.17) is 27.3 Å². The van der Waals surface area contributed by atoms with Crippen LogP contribution in [0.2, 0.25) is 5.02 Å². The summed E-state index contributed by atoms with van der Waals surface area (Å²) in [6, 6.07) is 20.5. The van der Waals surface area contributed by atoms with Crippen molar-refractivity contribution >= 4 is 62.0 Å². The molecule has 0 unspecified atom stereocenters. The third-order valence-corrected chi connectivity index (χ3v) is 5.53. The highest BCUT2D eigenvalue weighted by Gasteiger charge is 2.16. The number of nitrogen functional groups attached to an aromatic ring is 1. The number of rotatable bonds is 4. The van der Waals surface area contributed by atoms with Gasteiger partial charge in [0.15, 0.2) is 5.65 Å². The van der Waals surface area contributed by atoms with Crippen molar-refractivity contribution < 1.29 is 4.79 Å². The first-order valence-electron chi connectivity index (χ1n) is 10.0. The SMILES string of the molecule is C/C(=N\NC(=O)Cn1c2ccccc2c2nc3cc(Cl)ccc3nc21)c1ccc(N)cc1. The molecule has 1 amide bonds. The quantitative estimate of drug-likeness (QED) is 0.243. The van der Waals surface area contributed by atoms with Crippen molar-refractivity contribution in [2.75, 3.05) is 5.73 Å². The van der Waals surface area contributed by atoms with E-state index in [0.29, 0.717) is 33.1 Å². The minimum absolute atomic E-state index is 0.0519.